The van der Waals surface area contributed by atoms with Gasteiger partial charge in [-0.3, -0.25) is 4.90 Å². The van der Waals surface area contributed by atoms with Crippen molar-refractivity contribution in [2.24, 2.45) is 0 Å². The zero-order chi connectivity index (χ0) is 15.5. The fraction of sp³-hybridized carbons (Fsp3) is 0.647. The molecule has 0 saturated carbocycles. The van der Waals surface area contributed by atoms with E-state index in [2.05, 4.69) is 4.90 Å². The van der Waals surface area contributed by atoms with Crippen LogP contribution in [-0.4, -0.2) is 34.7 Å². The van der Waals surface area contributed by atoms with Crippen LogP contribution in [0.2, 0.25) is 0 Å². The molecule has 0 bridgehead atoms. The van der Waals surface area contributed by atoms with Gasteiger partial charge in [-0.05, 0) is 50.9 Å². The Morgan fingerprint density at radius 2 is 1.67 bits per heavy atom. The van der Waals surface area contributed by atoms with Crippen molar-refractivity contribution >= 4 is 0 Å². The Balaban J connectivity index is 2.24. The molecule has 1 aliphatic heterocycles. The molecule has 118 valence electrons. The lowest BCUT2D eigenvalue weighted by atomic mass is 9.81. The molecule has 1 aliphatic rings. The van der Waals surface area contributed by atoms with Crippen LogP contribution in [0, 0.1) is 11.6 Å². The largest absolute Gasteiger partial charge is 0.391 e. The number of hydrogen-bond acceptors (Lipinski definition) is 2. The molecule has 0 aromatic heterocycles. The molecule has 1 fully saturated rings. The standard InChI is InChI=1S/C17H25F2NO/c1-3-17(4-2,20-10-5-6-11-20)16(21)12-13-14(18)8-7-9-15(13)19/h7-9,16,21H,3-6,10-12H2,1-2H3. The highest BCUT2D eigenvalue weighted by molar-refractivity contribution is 5.21. The summed E-state index contributed by atoms with van der Waals surface area (Å²) in [7, 11) is 0. The van der Waals surface area contributed by atoms with Crippen molar-refractivity contribution in [3.63, 3.8) is 0 Å². The van der Waals surface area contributed by atoms with E-state index in [0.717, 1.165) is 38.8 Å². The predicted molar refractivity (Wildman–Crippen MR) is 80.2 cm³/mol. The second-order valence-electron chi connectivity index (χ2n) is 5.92. The molecule has 1 aromatic carbocycles. The molecule has 0 aliphatic carbocycles. The van der Waals surface area contributed by atoms with E-state index in [1.165, 1.54) is 18.2 Å². The Bertz CT molecular complexity index is 448. The lowest BCUT2D eigenvalue weighted by molar-refractivity contribution is -0.0277. The average Bonchev–Trinajstić information content (AvgIpc) is 3.00. The molecule has 2 nitrogen and oxygen atoms in total. The number of likely N-dealkylation sites (tertiary alicyclic amines) is 1. The Labute approximate surface area is 125 Å². The second-order valence-corrected chi connectivity index (χ2v) is 5.92. The fourth-order valence-electron chi connectivity index (χ4n) is 3.65. The summed E-state index contributed by atoms with van der Waals surface area (Å²) < 4.78 is 27.6. The summed E-state index contributed by atoms with van der Waals surface area (Å²) in [4.78, 5) is 2.30. The average molecular weight is 297 g/mol. The summed E-state index contributed by atoms with van der Waals surface area (Å²) >= 11 is 0. The molecule has 1 saturated heterocycles. The third-order valence-electron chi connectivity index (χ3n) is 5.04. The van der Waals surface area contributed by atoms with Gasteiger partial charge in [0.2, 0.25) is 0 Å². The molecule has 0 spiro atoms. The topological polar surface area (TPSA) is 23.5 Å². The van der Waals surface area contributed by atoms with E-state index in [0.29, 0.717) is 0 Å². The smallest absolute Gasteiger partial charge is 0.129 e. The number of nitrogens with zero attached hydrogens (tertiary/aromatic N) is 1. The van der Waals surface area contributed by atoms with Crippen molar-refractivity contribution in [3.8, 4) is 0 Å². The van der Waals surface area contributed by atoms with E-state index in [1.807, 2.05) is 13.8 Å². The van der Waals surface area contributed by atoms with Crippen molar-refractivity contribution in [2.45, 2.75) is 57.6 Å². The second kappa shape index (κ2) is 6.84. The maximum Gasteiger partial charge on any atom is 0.129 e. The lowest BCUT2D eigenvalue weighted by Gasteiger charge is -2.44. The summed E-state index contributed by atoms with van der Waals surface area (Å²) in [5.74, 6) is -1.15. The highest BCUT2D eigenvalue weighted by atomic mass is 19.1. The van der Waals surface area contributed by atoms with E-state index >= 15 is 0 Å². The van der Waals surface area contributed by atoms with Crippen LogP contribution < -0.4 is 0 Å². The zero-order valence-corrected chi connectivity index (χ0v) is 12.9. The van der Waals surface area contributed by atoms with Gasteiger partial charge < -0.3 is 5.11 Å². The van der Waals surface area contributed by atoms with Gasteiger partial charge in [0.15, 0.2) is 0 Å². The van der Waals surface area contributed by atoms with Crippen LogP contribution in [0.5, 0.6) is 0 Å². The number of halogens is 2. The van der Waals surface area contributed by atoms with Gasteiger partial charge in [0.25, 0.3) is 0 Å². The first-order valence-electron chi connectivity index (χ1n) is 7.91. The first-order chi connectivity index (χ1) is 10.0. The monoisotopic (exact) mass is 297 g/mol. The van der Waals surface area contributed by atoms with E-state index in [-0.39, 0.29) is 17.5 Å². The molecule has 4 heteroatoms. The fourth-order valence-corrected chi connectivity index (χ4v) is 3.65. The van der Waals surface area contributed by atoms with Crippen LogP contribution in [0.15, 0.2) is 18.2 Å². The SMILES string of the molecule is CCC(CC)(C(O)Cc1c(F)cccc1F)N1CCCC1. The summed E-state index contributed by atoms with van der Waals surface area (Å²) in [6, 6.07) is 3.86. The maximum atomic E-state index is 13.8. The number of aliphatic hydroxyl groups excluding tert-OH is 1. The van der Waals surface area contributed by atoms with Crippen LogP contribution in [0.1, 0.15) is 45.1 Å². The van der Waals surface area contributed by atoms with Gasteiger partial charge in [0.1, 0.15) is 11.6 Å². The first-order valence-corrected chi connectivity index (χ1v) is 7.91. The van der Waals surface area contributed by atoms with Crippen LogP contribution >= 0.6 is 0 Å². The molecule has 1 heterocycles. The molecule has 1 aromatic rings. The predicted octanol–water partition coefficient (Wildman–Crippen LogP) is 3.52. The van der Waals surface area contributed by atoms with Gasteiger partial charge in [-0.2, -0.15) is 0 Å². The van der Waals surface area contributed by atoms with Crippen LogP contribution in [0.25, 0.3) is 0 Å². The molecular formula is C17H25F2NO. The number of aliphatic hydroxyl groups is 1. The maximum absolute atomic E-state index is 13.8. The molecule has 21 heavy (non-hydrogen) atoms. The van der Waals surface area contributed by atoms with E-state index in [9.17, 15) is 13.9 Å². The minimum atomic E-state index is -0.767. The Kier molecular flexibility index (Phi) is 5.33. The third kappa shape index (κ3) is 3.11. The van der Waals surface area contributed by atoms with Gasteiger partial charge in [-0.1, -0.05) is 19.9 Å². The van der Waals surface area contributed by atoms with Crippen molar-refractivity contribution in [3.05, 3.63) is 35.4 Å². The van der Waals surface area contributed by atoms with Crippen LogP contribution in [-0.2, 0) is 6.42 Å². The molecule has 1 atom stereocenters. The summed E-state index contributed by atoms with van der Waals surface area (Å²) in [5.41, 5.74) is -0.388. The summed E-state index contributed by atoms with van der Waals surface area (Å²) in [6.45, 7) is 6.00. The van der Waals surface area contributed by atoms with E-state index in [1.54, 1.807) is 0 Å². The van der Waals surface area contributed by atoms with Gasteiger partial charge in [0.05, 0.1) is 6.10 Å². The highest BCUT2D eigenvalue weighted by Crippen LogP contribution is 2.33. The van der Waals surface area contributed by atoms with E-state index in [4.69, 9.17) is 0 Å². The molecule has 2 rings (SSSR count). The first kappa shape index (κ1) is 16.4. The Morgan fingerprint density at radius 1 is 1.14 bits per heavy atom. The Morgan fingerprint density at radius 3 is 2.14 bits per heavy atom. The van der Waals surface area contributed by atoms with Crippen molar-refractivity contribution in [2.75, 3.05) is 13.1 Å². The van der Waals surface area contributed by atoms with Gasteiger partial charge in [-0.25, -0.2) is 8.78 Å². The number of rotatable bonds is 6. The summed E-state index contributed by atoms with van der Waals surface area (Å²) in [5, 5.41) is 10.7. The quantitative estimate of drug-likeness (QED) is 0.868. The Hall–Kier alpha value is -1.00. The van der Waals surface area contributed by atoms with E-state index < -0.39 is 17.7 Å². The summed E-state index contributed by atoms with van der Waals surface area (Å²) in [6.07, 6.45) is 3.07. The zero-order valence-electron chi connectivity index (χ0n) is 12.9. The van der Waals surface area contributed by atoms with Crippen LogP contribution in [0.4, 0.5) is 8.78 Å². The third-order valence-corrected chi connectivity index (χ3v) is 5.04. The minimum Gasteiger partial charge on any atom is -0.391 e. The molecular weight excluding hydrogens is 272 g/mol. The van der Waals surface area contributed by atoms with Crippen LogP contribution in [0.3, 0.4) is 0 Å². The van der Waals surface area contributed by atoms with Gasteiger partial charge >= 0.3 is 0 Å². The molecule has 1 N–H and O–H groups in total. The molecule has 1 unspecified atom stereocenters. The van der Waals surface area contributed by atoms with Crippen molar-refractivity contribution < 1.29 is 13.9 Å². The van der Waals surface area contributed by atoms with Crippen molar-refractivity contribution in [1.29, 1.82) is 0 Å². The number of hydrogen-bond donors (Lipinski definition) is 1. The highest BCUT2D eigenvalue weighted by Gasteiger charge is 2.41. The molecule has 0 amide bonds. The molecule has 0 radical (unpaired) electrons. The lowest BCUT2D eigenvalue weighted by Crippen LogP contribution is -2.55. The van der Waals surface area contributed by atoms with Gasteiger partial charge in [0, 0.05) is 17.5 Å². The minimum absolute atomic E-state index is 0.00419. The van der Waals surface area contributed by atoms with Crippen molar-refractivity contribution in [1.82, 2.24) is 4.90 Å². The number of benzene rings is 1. The van der Waals surface area contributed by atoms with Gasteiger partial charge in [-0.15, -0.1) is 0 Å². The normalized spacial score (nSPS) is 18.1.